The number of nitrogens with one attached hydrogen (secondary N) is 1. The highest BCUT2D eigenvalue weighted by Crippen LogP contribution is 2.39. The fraction of sp³-hybridized carbons (Fsp3) is 0.600. The molecule has 0 amide bonds. The molecule has 0 aromatic heterocycles. The fourth-order valence-corrected chi connectivity index (χ4v) is 4.22. The van der Waals surface area contributed by atoms with Gasteiger partial charge < -0.3 is 11.1 Å². The molecule has 3 rings (SSSR count). The van der Waals surface area contributed by atoms with E-state index in [1.807, 2.05) is 11.8 Å². The summed E-state index contributed by atoms with van der Waals surface area (Å²) in [5.74, 6) is 0. The summed E-state index contributed by atoms with van der Waals surface area (Å²) >= 11 is 2.02. The van der Waals surface area contributed by atoms with Crippen LogP contribution in [0.4, 0.5) is 0 Å². The molecule has 2 aliphatic rings. The minimum atomic E-state index is 0.219. The molecule has 1 saturated carbocycles. The molecule has 18 heavy (non-hydrogen) atoms. The van der Waals surface area contributed by atoms with Crippen LogP contribution in [0.15, 0.2) is 24.3 Å². The van der Waals surface area contributed by atoms with Gasteiger partial charge in [0.15, 0.2) is 0 Å². The van der Waals surface area contributed by atoms with Gasteiger partial charge in [0, 0.05) is 23.4 Å². The summed E-state index contributed by atoms with van der Waals surface area (Å²) in [6.07, 6.45) is 7.28. The Morgan fingerprint density at radius 2 is 1.94 bits per heavy atom. The van der Waals surface area contributed by atoms with Gasteiger partial charge in [0.25, 0.3) is 0 Å². The summed E-state index contributed by atoms with van der Waals surface area (Å²) in [6.45, 7) is 0. The van der Waals surface area contributed by atoms with Crippen molar-refractivity contribution in [3.05, 3.63) is 35.4 Å². The Morgan fingerprint density at radius 1 is 1.17 bits per heavy atom. The number of hydrogen-bond donors (Lipinski definition) is 2. The van der Waals surface area contributed by atoms with E-state index in [2.05, 4.69) is 35.8 Å². The first-order valence-electron chi connectivity index (χ1n) is 6.91. The molecule has 0 bridgehead atoms. The summed E-state index contributed by atoms with van der Waals surface area (Å²) in [7, 11) is 0. The van der Waals surface area contributed by atoms with E-state index in [-0.39, 0.29) is 6.04 Å². The van der Waals surface area contributed by atoms with Gasteiger partial charge in [-0.1, -0.05) is 24.3 Å². The Kier molecular flexibility index (Phi) is 3.64. The van der Waals surface area contributed by atoms with Crippen molar-refractivity contribution in [1.82, 2.24) is 5.32 Å². The van der Waals surface area contributed by atoms with Crippen LogP contribution >= 0.6 is 11.8 Å². The van der Waals surface area contributed by atoms with Crippen molar-refractivity contribution in [2.24, 2.45) is 5.73 Å². The lowest BCUT2D eigenvalue weighted by Crippen LogP contribution is -2.30. The zero-order chi connectivity index (χ0) is 12.5. The zero-order valence-corrected chi connectivity index (χ0v) is 11.7. The van der Waals surface area contributed by atoms with E-state index >= 15 is 0 Å². The van der Waals surface area contributed by atoms with Gasteiger partial charge in [-0.3, -0.25) is 0 Å². The van der Waals surface area contributed by atoms with Crippen LogP contribution in [0.25, 0.3) is 0 Å². The van der Waals surface area contributed by atoms with Crippen LogP contribution in [0.2, 0.25) is 0 Å². The number of nitrogens with two attached hydrogens (primary N) is 1. The molecule has 0 radical (unpaired) electrons. The predicted molar refractivity (Wildman–Crippen MR) is 78.8 cm³/mol. The highest BCUT2D eigenvalue weighted by atomic mass is 32.2. The lowest BCUT2D eigenvalue weighted by atomic mass is 10.1. The molecule has 3 N–H and O–H groups in total. The summed E-state index contributed by atoms with van der Waals surface area (Å²) in [5.41, 5.74) is 8.99. The zero-order valence-electron chi connectivity index (χ0n) is 10.9. The van der Waals surface area contributed by atoms with E-state index in [1.165, 1.54) is 30.4 Å². The molecule has 0 saturated heterocycles. The predicted octanol–water partition coefficient (Wildman–Crippen LogP) is 3.00. The van der Waals surface area contributed by atoms with Gasteiger partial charge in [0.05, 0.1) is 0 Å². The van der Waals surface area contributed by atoms with Crippen molar-refractivity contribution in [3.8, 4) is 0 Å². The van der Waals surface area contributed by atoms with Crippen LogP contribution in [0.3, 0.4) is 0 Å². The van der Waals surface area contributed by atoms with Crippen LogP contribution in [0.1, 0.15) is 48.9 Å². The summed E-state index contributed by atoms with van der Waals surface area (Å²) in [4.78, 5) is 0. The van der Waals surface area contributed by atoms with E-state index in [0.717, 1.165) is 11.7 Å². The van der Waals surface area contributed by atoms with Crippen LogP contribution < -0.4 is 11.1 Å². The van der Waals surface area contributed by atoms with Crippen molar-refractivity contribution in [2.45, 2.75) is 49.1 Å². The highest BCUT2D eigenvalue weighted by molar-refractivity contribution is 7.99. The average Bonchev–Trinajstić information content (AvgIpc) is 2.97. The van der Waals surface area contributed by atoms with Crippen molar-refractivity contribution in [3.63, 3.8) is 0 Å². The van der Waals surface area contributed by atoms with E-state index in [4.69, 9.17) is 5.73 Å². The van der Waals surface area contributed by atoms with E-state index < -0.39 is 0 Å². The molecule has 1 fully saturated rings. The minimum Gasteiger partial charge on any atom is -0.324 e. The average molecular weight is 262 g/mol. The largest absolute Gasteiger partial charge is 0.324 e. The molecule has 4 unspecified atom stereocenters. The molecule has 0 spiro atoms. The monoisotopic (exact) mass is 262 g/mol. The highest BCUT2D eigenvalue weighted by Gasteiger charge is 2.32. The van der Waals surface area contributed by atoms with Crippen LogP contribution in [-0.4, -0.2) is 17.5 Å². The van der Waals surface area contributed by atoms with Gasteiger partial charge >= 0.3 is 0 Å². The van der Waals surface area contributed by atoms with Crippen LogP contribution in [0.5, 0.6) is 0 Å². The Balaban J connectivity index is 1.68. The fourth-order valence-electron chi connectivity index (χ4n) is 3.42. The molecule has 0 heterocycles. The van der Waals surface area contributed by atoms with Gasteiger partial charge in [0.2, 0.25) is 0 Å². The van der Waals surface area contributed by atoms with Crippen LogP contribution in [-0.2, 0) is 0 Å². The standard InChI is InChI=1S/C15H22N2S/c1-18-11-7-6-10(8-11)17-15-9-14(16)12-4-2-3-5-13(12)15/h2-5,10-11,14-15,17H,6-9,16H2,1H3. The maximum Gasteiger partial charge on any atom is 0.0344 e. The Bertz CT molecular complexity index is 421. The first-order valence-corrected chi connectivity index (χ1v) is 8.20. The Hall–Kier alpha value is -0.510. The van der Waals surface area contributed by atoms with Crippen molar-refractivity contribution < 1.29 is 0 Å². The summed E-state index contributed by atoms with van der Waals surface area (Å²) in [5, 5.41) is 4.69. The SMILES string of the molecule is CSC1CCC(NC2CC(N)c3ccccc32)C1. The van der Waals surface area contributed by atoms with Gasteiger partial charge in [0.1, 0.15) is 0 Å². The number of hydrogen-bond acceptors (Lipinski definition) is 3. The van der Waals surface area contributed by atoms with Crippen molar-refractivity contribution in [2.75, 3.05) is 6.26 Å². The molecule has 4 atom stereocenters. The lowest BCUT2D eigenvalue weighted by molar-refractivity contribution is 0.423. The Morgan fingerprint density at radius 3 is 2.67 bits per heavy atom. The van der Waals surface area contributed by atoms with Crippen molar-refractivity contribution >= 4 is 11.8 Å². The second-order valence-electron chi connectivity index (χ2n) is 5.56. The molecule has 3 heteroatoms. The third-order valence-electron chi connectivity index (χ3n) is 4.42. The maximum absolute atomic E-state index is 6.22. The van der Waals surface area contributed by atoms with E-state index in [0.29, 0.717) is 12.1 Å². The molecular weight excluding hydrogens is 240 g/mol. The van der Waals surface area contributed by atoms with Crippen molar-refractivity contribution in [1.29, 1.82) is 0 Å². The molecular formula is C15H22N2S. The molecule has 1 aromatic rings. The number of rotatable bonds is 3. The van der Waals surface area contributed by atoms with Gasteiger partial charge in [-0.25, -0.2) is 0 Å². The smallest absolute Gasteiger partial charge is 0.0344 e. The van der Waals surface area contributed by atoms with Gasteiger partial charge in [-0.05, 0) is 43.1 Å². The van der Waals surface area contributed by atoms with E-state index in [9.17, 15) is 0 Å². The molecule has 2 aliphatic carbocycles. The Labute approximate surface area is 114 Å². The summed E-state index contributed by atoms with van der Waals surface area (Å²) < 4.78 is 0. The maximum atomic E-state index is 6.22. The number of fused-ring (bicyclic) bond motifs is 1. The summed E-state index contributed by atoms with van der Waals surface area (Å²) in [6, 6.07) is 10.0. The van der Waals surface area contributed by atoms with Crippen LogP contribution in [0, 0.1) is 0 Å². The normalized spacial score (nSPS) is 34.8. The third kappa shape index (κ3) is 2.31. The molecule has 0 aliphatic heterocycles. The third-order valence-corrected chi connectivity index (χ3v) is 5.51. The molecule has 1 aromatic carbocycles. The second-order valence-corrected chi connectivity index (χ2v) is 6.70. The molecule has 2 nitrogen and oxygen atoms in total. The first kappa shape index (κ1) is 12.5. The second kappa shape index (κ2) is 5.24. The van der Waals surface area contributed by atoms with E-state index in [1.54, 1.807) is 0 Å². The molecule has 98 valence electrons. The van der Waals surface area contributed by atoms with Gasteiger partial charge in [-0.2, -0.15) is 11.8 Å². The number of thioether (sulfide) groups is 1. The quantitative estimate of drug-likeness (QED) is 0.879. The topological polar surface area (TPSA) is 38.0 Å². The van der Waals surface area contributed by atoms with Gasteiger partial charge in [-0.15, -0.1) is 0 Å². The minimum absolute atomic E-state index is 0.219. The first-order chi connectivity index (χ1) is 8.78. The lowest BCUT2D eigenvalue weighted by Gasteiger charge is -2.20. The number of benzene rings is 1.